The van der Waals surface area contributed by atoms with Crippen molar-refractivity contribution >= 4 is 16.6 Å². The summed E-state index contributed by atoms with van der Waals surface area (Å²) in [6.07, 6.45) is 1.72. The van der Waals surface area contributed by atoms with Crippen LogP contribution in [-0.2, 0) is 6.54 Å². The summed E-state index contributed by atoms with van der Waals surface area (Å²) in [5.74, 6) is 0. The van der Waals surface area contributed by atoms with Gasteiger partial charge in [0.1, 0.15) is 5.67 Å². The van der Waals surface area contributed by atoms with Crippen molar-refractivity contribution in [2.24, 2.45) is 0 Å². The van der Waals surface area contributed by atoms with E-state index in [0.717, 1.165) is 10.9 Å². The molecule has 0 aliphatic carbocycles. The van der Waals surface area contributed by atoms with Gasteiger partial charge in [-0.2, -0.15) is 5.10 Å². The quantitative estimate of drug-likeness (QED) is 0.768. The van der Waals surface area contributed by atoms with Gasteiger partial charge in [0, 0.05) is 11.1 Å². The van der Waals surface area contributed by atoms with Gasteiger partial charge in [-0.15, -0.1) is 0 Å². The van der Waals surface area contributed by atoms with E-state index in [1.807, 2.05) is 18.2 Å². The van der Waals surface area contributed by atoms with E-state index in [2.05, 4.69) is 5.10 Å². The molecule has 80 valence electrons. The molecule has 0 aliphatic rings. The summed E-state index contributed by atoms with van der Waals surface area (Å²) in [6, 6.07) is 5.52. The van der Waals surface area contributed by atoms with Crippen molar-refractivity contribution in [3.05, 3.63) is 24.4 Å². The molecule has 0 bridgehead atoms. The number of alkyl halides is 1. The summed E-state index contributed by atoms with van der Waals surface area (Å²) >= 11 is 0. The van der Waals surface area contributed by atoms with Crippen LogP contribution in [0.25, 0.3) is 10.9 Å². The number of rotatable bonds is 2. The molecule has 0 saturated carbocycles. The predicted octanol–water partition coefficient (Wildman–Crippen LogP) is 2.37. The summed E-state index contributed by atoms with van der Waals surface area (Å²) in [5, 5.41) is 5.12. The van der Waals surface area contributed by atoms with Crippen molar-refractivity contribution in [1.82, 2.24) is 9.78 Å². The number of nitrogen functional groups attached to an aromatic ring is 1. The molecule has 2 aromatic rings. The lowest BCUT2D eigenvalue weighted by Crippen LogP contribution is -2.21. The van der Waals surface area contributed by atoms with Gasteiger partial charge in [-0.05, 0) is 32.0 Å². The lowest BCUT2D eigenvalue weighted by atomic mass is 10.1. The number of nitrogens with zero attached hydrogens (tertiary/aromatic N) is 2. The highest BCUT2D eigenvalue weighted by molar-refractivity contribution is 5.81. The molecular weight excluding hydrogens is 193 g/mol. The van der Waals surface area contributed by atoms with Crippen LogP contribution in [0.4, 0.5) is 10.1 Å². The third-order valence-corrected chi connectivity index (χ3v) is 2.19. The van der Waals surface area contributed by atoms with Crippen LogP contribution >= 0.6 is 0 Å². The zero-order chi connectivity index (χ0) is 11.1. The van der Waals surface area contributed by atoms with Crippen LogP contribution in [0.3, 0.4) is 0 Å². The van der Waals surface area contributed by atoms with Crippen LogP contribution in [0.2, 0.25) is 0 Å². The Bertz CT molecular complexity index is 482. The van der Waals surface area contributed by atoms with E-state index < -0.39 is 5.67 Å². The zero-order valence-corrected chi connectivity index (χ0v) is 8.87. The monoisotopic (exact) mass is 207 g/mol. The Morgan fingerprint density at radius 1 is 1.47 bits per heavy atom. The molecule has 0 unspecified atom stereocenters. The van der Waals surface area contributed by atoms with Gasteiger partial charge >= 0.3 is 0 Å². The molecule has 0 spiro atoms. The van der Waals surface area contributed by atoms with E-state index in [1.165, 1.54) is 13.8 Å². The Kier molecular flexibility index (Phi) is 2.14. The van der Waals surface area contributed by atoms with Crippen molar-refractivity contribution in [2.75, 3.05) is 5.73 Å². The fourth-order valence-corrected chi connectivity index (χ4v) is 1.57. The maximum Gasteiger partial charge on any atom is 0.125 e. The molecule has 1 heterocycles. The van der Waals surface area contributed by atoms with Gasteiger partial charge in [-0.3, -0.25) is 4.68 Å². The molecule has 2 rings (SSSR count). The summed E-state index contributed by atoms with van der Waals surface area (Å²) in [7, 11) is 0. The van der Waals surface area contributed by atoms with Gasteiger partial charge in [-0.25, -0.2) is 4.39 Å². The molecule has 15 heavy (non-hydrogen) atoms. The molecule has 1 aromatic heterocycles. The number of halogens is 1. The highest BCUT2D eigenvalue weighted by atomic mass is 19.1. The molecule has 0 atom stereocenters. The van der Waals surface area contributed by atoms with Crippen molar-refractivity contribution in [2.45, 2.75) is 26.1 Å². The van der Waals surface area contributed by atoms with Gasteiger partial charge in [0.25, 0.3) is 0 Å². The highest BCUT2D eigenvalue weighted by Gasteiger charge is 2.18. The number of benzene rings is 1. The van der Waals surface area contributed by atoms with Gasteiger partial charge in [0.05, 0.1) is 18.3 Å². The van der Waals surface area contributed by atoms with Gasteiger partial charge in [-0.1, -0.05) is 0 Å². The average Bonchev–Trinajstić information content (AvgIpc) is 2.46. The molecule has 2 N–H and O–H groups in total. The second kappa shape index (κ2) is 3.22. The van der Waals surface area contributed by atoms with E-state index in [0.29, 0.717) is 5.69 Å². The number of nitrogens with two attached hydrogens (primary N) is 1. The Morgan fingerprint density at radius 3 is 2.87 bits per heavy atom. The minimum atomic E-state index is -1.27. The number of hydrogen-bond donors (Lipinski definition) is 1. The zero-order valence-electron chi connectivity index (χ0n) is 8.87. The van der Waals surface area contributed by atoms with E-state index in [9.17, 15) is 4.39 Å². The van der Waals surface area contributed by atoms with Crippen molar-refractivity contribution < 1.29 is 4.39 Å². The van der Waals surface area contributed by atoms with Gasteiger partial charge in [0.15, 0.2) is 0 Å². The molecule has 4 heteroatoms. The lowest BCUT2D eigenvalue weighted by molar-refractivity contribution is 0.182. The van der Waals surface area contributed by atoms with Crippen LogP contribution in [0.15, 0.2) is 24.4 Å². The first kappa shape index (κ1) is 9.96. The Balaban J connectivity index is 2.48. The smallest absolute Gasteiger partial charge is 0.125 e. The van der Waals surface area contributed by atoms with Gasteiger partial charge < -0.3 is 5.73 Å². The van der Waals surface area contributed by atoms with Crippen molar-refractivity contribution in [1.29, 1.82) is 0 Å². The van der Waals surface area contributed by atoms with Crippen LogP contribution in [-0.4, -0.2) is 15.4 Å². The number of fused-ring (bicyclic) bond motifs is 1. The first-order valence-electron chi connectivity index (χ1n) is 4.86. The maximum atomic E-state index is 13.5. The summed E-state index contributed by atoms with van der Waals surface area (Å²) in [6.45, 7) is 3.31. The van der Waals surface area contributed by atoms with Gasteiger partial charge in [0.2, 0.25) is 0 Å². The van der Waals surface area contributed by atoms with Crippen molar-refractivity contribution in [3.8, 4) is 0 Å². The van der Waals surface area contributed by atoms with E-state index in [4.69, 9.17) is 5.73 Å². The van der Waals surface area contributed by atoms with Crippen LogP contribution in [0.1, 0.15) is 13.8 Å². The Labute approximate surface area is 87.7 Å². The summed E-state index contributed by atoms with van der Waals surface area (Å²) in [4.78, 5) is 0. The molecule has 0 amide bonds. The van der Waals surface area contributed by atoms with E-state index in [1.54, 1.807) is 10.9 Å². The van der Waals surface area contributed by atoms with Crippen molar-refractivity contribution in [3.63, 3.8) is 0 Å². The van der Waals surface area contributed by atoms with Crippen LogP contribution in [0.5, 0.6) is 0 Å². The molecule has 3 nitrogen and oxygen atoms in total. The normalized spacial score (nSPS) is 12.2. The molecule has 1 aromatic carbocycles. The number of aromatic nitrogens is 2. The van der Waals surface area contributed by atoms with Crippen LogP contribution in [0, 0.1) is 0 Å². The fourth-order valence-electron chi connectivity index (χ4n) is 1.57. The van der Waals surface area contributed by atoms with E-state index in [-0.39, 0.29) is 6.54 Å². The Morgan fingerprint density at radius 2 is 2.20 bits per heavy atom. The minimum absolute atomic E-state index is 0.236. The lowest BCUT2D eigenvalue weighted by Gasteiger charge is -2.14. The average molecular weight is 207 g/mol. The first-order chi connectivity index (χ1) is 6.96. The second-order valence-electron chi connectivity index (χ2n) is 4.34. The largest absolute Gasteiger partial charge is 0.399 e. The molecule has 0 radical (unpaired) electrons. The minimum Gasteiger partial charge on any atom is -0.399 e. The fraction of sp³-hybridized carbons (Fsp3) is 0.364. The van der Waals surface area contributed by atoms with E-state index >= 15 is 0 Å². The first-order valence-corrected chi connectivity index (χ1v) is 4.86. The molecular formula is C11H14FN3. The molecule has 0 saturated heterocycles. The summed E-state index contributed by atoms with van der Waals surface area (Å²) in [5.41, 5.74) is 5.95. The number of hydrogen-bond acceptors (Lipinski definition) is 2. The highest BCUT2D eigenvalue weighted by Crippen LogP contribution is 2.20. The molecule has 0 fully saturated rings. The second-order valence-corrected chi connectivity index (χ2v) is 4.34. The molecule has 0 aliphatic heterocycles. The third kappa shape index (κ3) is 2.09. The van der Waals surface area contributed by atoms with Crippen LogP contribution < -0.4 is 5.73 Å². The maximum absolute atomic E-state index is 13.5. The third-order valence-electron chi connectivity index (χ3n) is 2.19. The number of anilines is 1. The summed E-state index contributed by atoms with van der Waals surface area (Å²) < 4.78 is 15.1. The Hall–Kier alpha value is -1.58. The topological polar surface area (TPSA) is 43.8 Å². The SMILES string of the molecule is CC(C)(F)Cn1ncc2ccc(N)cc21. The standard InChI is InChI=1S/C11H14FN3/c1-11(2,12)7-15-10-5-9(13)4-3-8(10)6-14-15/h3-6H,7,13H2,1-2H3. The predicted molar refractivity (Wildman–Crippen MR) is 59.3 cm³/mol.